The van der Waals surface area contributed by atoms with Gasteiger partial charge in [0.15, 0.2) is 6.61 Å². The number of hydrogen-bond acceptors (Lipinski definition) is 3. The number of carbonyl (C=O) groups excluding carboxylic acids is 2. The van der Waals surface area contributed by atoms with Gasteiger partial charge in [-0.1, -0.05) is 107 Å². The fourth-order valence-corrected chi connectivity index (χ4v) is 4.21. The summed E-state index contributed by atoms with van der Waals surface area (Å²) in [7, 11) is 0. The van der Waals surface area contributed by atoms with Crippen molar-refractivity contribution < 1.29 is 14.3 Å². The van der Waals surface area contributed by atoms with Gasteiger partial charge in [-0.05, 0) is 41.5 Å². The normalized spacial score (nSPS) is 12.9. The third kappa shape index (κ3) is 8.21. The molecule has 0 aliphatic rings. The molecule has 5 heteroatoms. The zero-order chi connectivity index (χ0) is 26.8. The average Bonchev–Trinajstić information content (AvgIpc) is 2.90. The van der Waals surface area contributed by atoms with Gasteiger partial charge in [-0.25, -0.2) is 0 Å². The van der Waals surface area contributed by atoms with Gasteiger partial charge in [0.25, 0.3) is 5.91 Å². The van der Waals surface area contributed by atoms with Gasteiger partial charge in [-0.2, -0.15) is 0 Å². The van der Waals surface area contributed by atoms with Crippen LogP contribution in [-0.2, 0) is 28.0 Å². The minimum atomic E-state index is -0.675. The summed E-state index contributed by atoms with van der Waals surface area (Å²) in [4.78, 5) is 29.0. The van der Waals surface area contributed by atoms with E-state index in [-0.39, 0.29) is 29.9 Å². The lowest BCUT2D eigenvalue weighted by Gasteiger charge is -2.32. The molecule has 5 nitrogen and oxygen atoms in total. The van der Waals surface area contributed by atoms with Crippen molar-refractivity contribution in [2.45, 2.75) is 71.5 Å². The van der Waals surface area contributed by atoms with E-state index < -0.39 is 6.04 Å². The Balaban J connectivity index is 1.92. The first-order valence-corrected chi connectivity index (χ1v) is 13.1. The van der Waals surface area contributed by atoms with Crippen LogP contribution in [0.1, 0.15) is 57.7 Å². The van der Waals surface area contributed by atoms with Crippen molar-refractivity contribution in [2.75, 3.05) is 6.61 Å². The van der Waals surface area contributed by atoms with Gasteiger partial charge in [-0.15, -0.1) is 0 Å². The first-order chi connectivity index (χ1) is 17.7. The smallest absolute Gasteiger partial charge is 0.261 e. The summed E-state index contributed by atoms with van der Waals surface area (Å²) in [5.41, 5.74) is 2.86. The van der Waals surface area contributed by atoms with Crippen LogP contribution in [-0.4, -0.2) is 35.4 Å². The fraction of sp³-hybridized carbons (Fsp3) is 0.375. The molecule has 0 spiro atoms. The number of para-hydroxylation sites is 1. The zero-order valence-corrected chi connectivity index (χ0v) is 22.7. The second-order valence-electron chi connectivity index (χ2n) is 10.6. The van der Waals surface area contributed by atoms with Gasteiger partial charge in [0.1, 0.15) is 11.8 Å². The quantitative estimate of drug-likeness (QED) is 0.356. The van der Waals surface area contributed by atoms with Gasteiger partial charge in [0.05, 0.1) is 0 Å². The second-order valence-corrected chi connectivity index (χ2v) is 10.6. The predicted molar refractivity (Wildman–Crippen MR) is 149 cm³/mol. The van der Waals surface area contributed by atoms with Crippen molar-refractivity contribution in [1.82, 2.24) is 10.2 Å². The molecule has 2 amide bonds. The first kappa shape index (κ1) is 28.0. The summed E-state index contributed by atoms with van der Waals surface area (Å²) < 4.78 is 6.10. The number of benzene rings is 3. The molecule has 1 N–H and O–H groups in total. The van der Waals surface area contributed by atoms with E-state index in [1.165, 1.54) is 0 Å². The van der Waals surface area contributed by atoms with Crippen LogP contribution in [0.3, 0.4) is 0 Å². The van der Waals surface area contributed by atoms with Crippen molar-refractivity contribution in [1.29, 1.82) is 0 Å². The summed E-state index contributed by atoms with van der Waals surface area (Å²) in [5.74, 6) is 0.303. The standard InChI is InChI=1S/C32H40N2O3/c1-6-24(2)33-31(36)28(21-25-15-9-7-10-16-25)34(22-26-17-11-8-12-18-26)30(35)23-37-29-20-14-13-19-27(29)32(3,4)5/h7-20,24,28H,6,21-23H2,1-5H3,(H,33,36)/t24-,28+/m1/s1. The van der Waals surface area contributed by atoms with Crippen LogP contribution in [0.5, 0.6) is 5.75 Å². The number of carbonyl (C=O) groups is 2. The Hall–Kier alpha value is -3.60. The third-order valence-electron chi connectivity index (χ3n) is 6.51. The second kappa shape index (κ2) is 13.1. The highest BCUT2D eigenvalue weighted by Crippen LogP contribution is 2.31. The Morgan fingerprint density at radius 1 is 0.865 bits per heavy atom. The van der Waals surface area contributed by atoms with E-state index in [0.717, 1.165) is 23.1 Å². The first-order valence-electron chi connectivity index (χ1n) is 13.1. The molecule has 0 aliphatic carbocycles. The number of hydrogen-bond donors (Lipinski definition) is 1. The lowest BCUT2D eigenvalue weighted by Crippen LogP contribution is -2.53. The van der Waals surface area contributed by atoms with Crippen molar-refractivity contribution in [3.63, 3.8) is 0 Å². The molecule has 0 bridgehead atoms. The maximum atomic E-state index is 13.8. The number of ether oxygens (including phenoxy) is 1. The molecular weight excluding hydrogens is 460 g/mol. The van der Waals surface area contributed by atoms with E-state index in [1.54, 1.807) is 4.90 Å². The van der Waals surface area contributed by atoms with E-state index >= 15 is 0 Å². The van der Waals surface area contributed by atoms with Crippen molar-refractivity contribution in [3.8, 4) is 5.75 Å². The van der Waals surface area contributed by atoms with Crippen molar-refractivity contribution in [2.24, 2.45) is 0 Å². The topological polar surface area (TPSA) is 58.6 Å². The van der Waals surface area contributed by atoms with Gasteiger partial charge < -0.3 is 15.0 Å². The number of nitrogens with one attached hydrogen (secondary N) is 1. The Kier molecular flexibility index (Phi) is 9.90. The summed E-state index contributed by atoms with van der Waals surface area (Å²) in [6.45, 7) is 10.5. The molecule has 3 aromatic rings. The monoisotopic (exact) mass is 500 g/mol. The molecule has 0 aliphatic heterocycles. The molecule has 196 valence electrons. The van der Waals surface area contributed by atoms with Gasteiger partial charge in [0, 0.05) is 19.0 Å². The Labute approximate surface area is 221 Å². The molecule has 0 saturated heterocycles. The van der Waals surface area contributed by atoms with Gasteiger partial charge in [0.2, 0.25) is 5.91 Å². The largest absolute Gasteiger partial charge is 0.483 e. The summed E-state index contributed by atoms with van der Waals surface area (Å²) in [6, 6.07) is 26.8. The van der Waals surface area contributed by atoms with Crippen LogP contribution < -0.4 is 10.1 Å². The maximum Gasteiger partial charge on any atom is 0.261 e. The number of nitrogens with zero attached hydrogens (tertiary/aromatic N) is 1. The SMILES string of the molecule is CC[C@@H](C)NC(=O)[C@H](Cc1ccccc1)N(Cc1ccccc1)C(=O)COc1ccccc1C(C)(C)C. The van der Waals surface area contributed by atoms with Gasteiger partial charge >= 0.3 is 0 Å². The van der Waals surface area contributed by atoms with Crippen LogP contribution in [0.25, 0.3) is 0 Å². The molecule has 0 saturated carbocycles. The summed E-state index contributed by atoms with van der Waals surface area (Å²) in [5, 5.41) is 3.10. The molecule has 0 unspecified atom stereocenters. The highest BCUT2D eigenvalue weighted by Gasteiger charge is 2.31. The number of rotatable bonds is 11. The Morgan fingerprint density at radius 3 is 2.03 bits per heavy atom. The third-order valence-corrected chi connectivity index (χ3v) is 6.51. The van der Waals surface area contributed by atoms with E-state index in [1.807, 2.05) is 98.8 Å². The molecule has 0 aromatic heterocycles. The van der Waals surface area contributed by atoms with Crippen LogP contribution in [0, 0.1) is 0 Å². The maximum absolute atomic E-state index is 13.8. The summed E-state index contributed by atoms with van der Waals surface area (Å²) in [6.07, 6.45) is 1.23. The Bertz CT molecular complexity index is 1140. The molecule has 3 aromatic carbocycles. The molecule has 37 heavy (non-hydrogen) atoms. The minimum Gasteiger partial charge on any atom is -0.483 e. The van der Waals surface area contributed by atoms with Crippen LogP contribution >= 0.6 is 0 Å². The molecule has 0 heterocycles. The lowest BCUT2D eigenvalue weighted by molar-refractivity contribution is -0.143. The molecule has 3 rings (SSSR count). The van der Waals surface area contributed by atoms with E-state index in [9.17, 15) is 9.59 Å². The highest BCUT2D eigenvalue weighted by molar-refractivity contribution is 5.88. The highest BCUT2D eigenvalue weighted by atomic mass is 16.5. The average molecular weight is 501 g/mol. The Morgan fingerprint density at radius 2 is 1.43 bits per heavy atom. The van der Waals surface area contributed by atoms with Crippen molar-refractivity contribution in [3.05, 3.63) is 102 Å². The van der Waals surface area contributed by atoms with E-state index in [4.69, 9.17) is 4.74 Å². The predicted octanol–water partition coefficient (Wildman–Crippen LogP) is 5.92. The lowest BCUT2D eigenvalue weighted by atomic mass is 9.86. The molecule has 0 fully saturated rings. The number of amides is 2. The van der Waals surface area contributed by atoms with E-state index in [2.05, 4.69) is 26.1 Å². The van der Waals surface area contributed by atoms with Crippen LogP contribution in [0.2, 0.25) is 0 Å². The molecular formula is C32H40N2O3. The van der Waals surface area contributed by atoms with Crippen LogP contribution in [0.15, 0.2) is 84.9 Å². The fourth-order valence-electron chi connectivity index (χ4n) is 4.21. The van der Waals surface area contributed by atoms with Crippen LogP contribution in [0.4, 0.5) is 0 Å². The molecule has 2 atom stereocenters. The minimum absolute atomic E-state index is 0.00867. The van der Waals surface area contributed by atoms with Gasteiger partial charge in [-0.3, -0.25) is 9.59 Å². The van der Waals surface area contributed by atoms with E-state index in [0.29, 0.717) is 18.7 Å². The zero-order valence-electron chi connectivity index (χ0n) is 22.7. The van der Waals surface area contributed by atoms with Crippen molar-refractivity contribution >= 4 is 11.8 Å². The summed E-state index contributed by atoms with van der Waals surface area (Å²) >= 11 is 0. The molecule has 0 radical (unpaired) electrons.